The Morgan fingerprint density at radius 2 is 1.26 bits per heavy atom. The first-order chi connectivity index (χ1) is 9.31. The molecule has 0 atom stereocenters. The molecule has 2 heteroatoms. The summed E-state index contributed by atoms with van der Waals surface area (Å²) in [6, 6.07) is 0. The number of unbranched alkanes of at least 4 members (excludes halogenated alkanes) is 10. The Bertz CT molecular complexity index is 190. The summed E-state index contributed by atoms with van der Waals surface area (Å²) in [5.41, 5.74) is 0. The van der Waals surface area contributed by atoms with E-state index in [1.54, 1.807) is 6.61 Å². The zero-order chi connectivity index (χ0) is 14.2. The summed E-state index contributed by atoms with van der Waals surface area (Å²) < 4.78 is 4.92. The lowest BCUT2D eigenvalue weighted by molar-refractivity contribution is -0.140. The van der Waals surface area contributed by atoms with Gasteiger partial charge in [0.25, 0.3) is 0 Å². The molecule has 0 unspecified atom stereocenters. The largest absolute Gasteiger partial charge is 0.458 e. The van der Waals surface area contributed by atoms with Gasteiger partial charge in [-0.1, -0.05) is 78.1 Å². The van der Waals surface area contributed by atoms with E-state index >= 15 is 0 Å². The first-order valence-electron chi connectivity index (χ1n) is 8.32. The van der Waals surface area contributed by atoms with Gasteiger partial charge in [-0.15, -0.1) is 0 Å². The molecule has 0 aromatic heterocycles. The minimum absolute atomic E-state index is 0.0715. The third kappa shape index (κ3) is 15.4. The number of carbonyl (C=O) groups excluding carboxylic acids is 1. The maximum atomic E-state index is 11.2. The van der Waals surface area contributed by atoms with Crippen molar-refractivity contribution in [2.75, 3.05) is 0 Å². The minimum Gasteiger partial charge on any atom is -0.458 e. The molecule has 113 valence electrons. The van der Waals surface area contributed by atoms with E-state index in [4.69, 9.17) is 4.74 Å². The van der Waals surface area contributed by atoms with Crippen LogP contribution in [-0.4, -0.2) is 5.97 Å². The van der Waals surface area contributed by atoms with Gasteiger partial charge in [-0.25, -0.2) is 0 Å². The van der Waals surface area contributed by atoms with Crippen LogP contribution < -0.4 is 0 Å². The quantitative estimate of drug-likeness (QED) is 0.294. The fourth-order valence-electron chi connectivity index (χ4n) is 2.17. The molecule has 0 fully saturated rings. The molecule has 0 aliphatic rings. The second-order valence-electron chi connectivity index (χ2n) is 5.35. The van der Waals surface area contributed by atoms with Gasteiger partial charge < -0.3 is 4.74 Å². The van der Waals surface area contributed by atoms with Crippen molar-refractivity contribution in [3.63, 3.8) is 0 Å². The molecule has 1 radical (unpaired) electrons. The highest BCUT2D eigenvalue weighted by molar-refractivity contribution is 5.69. The number of rotatable bonds is 14. The van der Waals surface area contributed by atoms with Gasteiger partial charge in [-0.05, 0) is 12.8 Å². The van der Waals surface area contributed by atoms with Crippen LogP contribution in [0.25, 0.3) is 0 Å². The van der Waals surface area contributed by atoms with Crippen molar-refractivity contribution in [3.05, 3.63) is 6.61 Å². The summed E-state index contributed by atoms with van der Waals surface area (Å²) in [6.07, 6.45) is 15.8. The van der Waals surface area contributed by atoms with Crippen LogP contribution in [0.15, 0.2) is 0 Å². The number of esters is 1. The van der Waals surface area contributed by atoms with Crippen LogP contribution in [0.5, 0.6) is 0 Å². The lowest BCUT2D eigenvalue weighted by atomic mass is 10.1. The molecule has 0 spiro atoms. The number of hydrogen-bond donors (Lipinski definition) is 0. The third-order valence-electron chi connectivity index (χ3n) is 3.37. The van der Waals surface area contributed by atoms with Crippen LogP contribution in [0.3, 0.4) is 0 Å². The van der Waals surface area contributed by atoms with E-state index in [9.17, 15) is 4.79 Å². The molecule has 0 aliphatic carbocycles. The van der Waals surface area contributed by atoms with Crippen LogP contribution in [0.4, 0.5) is 0 Å². The fraction of sp³-hybridized carbons (Fsp3) is 0.882. The Labute approximate surface area is 120 Å². The predicted molar refractivity (Wildman–Crippen MR) is 81.8 cm³/mol. The molecule has 0 bridgehead atoms. The van der Waals surface area contributed by atoms with Gasteiger partial charge >= 0.3 is 5.97 Å². The van der Waals surface area contributed by atoms with Gasteiger partial charge in [-0.2, -0.15) is 0 Å². The molecule has 19 heavy (non-hydrogen) atoms. The van der Waals surface area contributed by atoms with Crippen molar-refractivity contribution in [2.45, 2.75) is 97.3 Å². The molecule has 0 aliphatic heterocycles. The van der Waals surface area contributed by atoms with Crippen molar-refractivity contribution in [1.29, 1.82) is 0 Å². The Hall–Kier alpha value is -0.530. The Balaban J connectivity index is 3.04. The second-order valence-corrected chi connectivity index (χ2v) is 5.35. The molecule has 2 nitrogen and oxygen atoms in total. The Kier molecular flexibility index (Phi) is 15.1. The van der Waals surface area contributed by atoms with Crippen molar-refractivity contribution >= 4 is 5.97 Å². The first kappa shape index (κ1) is 18.5. The van der Waals surface area contributed by atoms with E-state index < -0.39 is 0 Å². The SMILES string of the molecule is CC[CH]OC(=O)CCCCCCCCCCCCC. The molecule has 0 rings (SSSR count). The normalized spacial score (nSPS) is 10.6. The minimum atomic E-state index is -0.0715. The highest BCUT2D eigenvalue weighted by Gasteiger charge is 2.01. The summed E-state index contributed by atoms with van der Waals surface area (Å²) in [5.74, 6) is -0.0715. The van der Waals surface area contributed by atoms with Gasteiger partial charge in [0.05, 0.1) is 0 Å². The zero-order valence-electron chi connectivity index (χ0n) is 13.1. The molecule has 0 N–H and O–H groups in total. The maximum Gasteiger partial charge on any atom is 0.306 e. The van der Waals surface area contributed by atoms with Crippen molar-refractivity contribution in [2.24, 2.45) is 0 Å². The molecule has 0 heterocycles. The van der Waals surface area contributed by atoms with Crippen LogP contribution in [0, 0.1) is 6.61 Å². The number of carbonyl (C=O) groups is 1. The molecule has 0 saturated carbocycles. The summed E-state index contributed by atoms with van der Waals surface area (Å²) >= 11 is 0. The molecule has 0 aromatic carbocycles. The standard InChI is InChI=1S/C17H33O2/c1-3-5-6-7-8-9-10-11-12-13-14-15-17(18)19-16-4-2/h16H,3-15H2,1-2H3. The first-order valence-corrected chi connectivity index (χ1v) is 8.32. The van der Waals surface area contributed by atoms with Crippen LogP contribution in [0.1, 0.15) is 97.3 Å². The summed E-state index contributed by atoms with van der Waals surface area (Å²) in [4.78, 5) is 11.2. The number of ether oxygens (including phenoxy) is 1. The molecule has 0 aromatic rings. The highest BCUT2D eigenvalue weighted by atomic mass is 16.5. The molecule has 0 amide bonds. The topological polar surface area (TPSA) is 26.3 Å². The summed E-state index contributed by atoms with van der Waals surface area (Å²) in [7, 11) is 0. The van der Waals surface area contributed by atoms with E-state index in [0.29, 0.717) is 6.42 Å². The fourth-order valence-corrected chi connectivity index (χ4v) is 2.17. The van der Waals surface area contributed by atoms with Crippen molar-refractivity contribution in [1.82, 2.24) is 0 Å². The Morgan fingerprint density at radius 3 is 1.74 bits per heavy atom. The van der Waals surface area contributed by atoms with Crippen LogP contribution >= 0.6 is 0 Å². The van der Waals surface area contributed by atoms with Gasteiger partial charge in [0.15, 0.2) is 0 Å². The number of hydrogen-bond acceptors (Lipinski definition) is 2. The smallest absolute Gasteiger partial charge is 0.306 e. The Morgan fingerprint density at radius 1 is 0.789 bits per heavy atom. The lowest BCUT2D eigenvalue weighted by Crippen LogP contribution is -2.01. The molecule has 0 saturated heterocycles. The zero-order valence-corrected chi connectivity index (χ0v) is 13.1. The van der Waals surface area contributed by atoms with Crippen molar-refractivity contribution < 1.29 is 9.53 Å². The average Bonchev–Trinajstić information content (AvgIpc) is 2.42. The molecular formula is C17H33O2. The molecular weight excluding hydrogens is 236 g/mol. The summed E-state index contributed by atoms with van der Waals surface area (Å²) in [5, 5.41) is 0. The van der Waals surface area contributed by atoms with Gasteiger partial charge in [0, 0.05) is 6.42 Å². The van der Waals surface area contributed by atoms with E-state index in [0.717, 1.165) is 19.3 Å². The average molecular weight is 269 g/mol. The van der Waals surface area contributed by atoms with E-state index in [-0.39, 0.29) is 5.97 Å². The van der Waals surface area contributed by atoms with E-state index in [1.807, 2.05) is 6.92 Å². The summed E-state index contributed by atoms with van der Waals surface area (Å²) in [6.45, 7) is 5.81. The van der Waals surface area contributed by atoms with Gasteiger partial charge in [0.2, 0.25) is 0 Å². The van der Waals surface area contributed by atoms with Crippen molar-refractivity contribution in [3.8, 4) is 0 Å². The maximum absolute atomic E-state index is 11.2. The van der Waals surface area contributed by atoms with Gasteiger partial charge in [-0.3, -0.25) is 4.79 Å². The van der Waals surface area contributed by atoms with Crippen LogP contribution in [-0.2, 0) is 9.53 Å². The van der Waals surface area contributed by atoms with Gasteiger partial charge in [0.1, 0.15) is 6.61 Å². The van der Waals surface area contributed by atoms with E-state index in [2.05, 4.69) is 6.92 Å². The van der Waals surface area contributed by atoms with Crippen LogP contribution in [0.2, 0.25) is 0 Å². The second kappa shape index (κ2) is 15.5. The van der Waals surface area contributed by atoms with E-state index in [1.165, 1.54) is 57.8 Å². The predicted octanol–water partition coefficient (Wildman–Crippen LogP) is 5.80. The monoisotopic (exact) mass is 269 g/mol. The highest BCUT2D eigenvalue weighted by Crippen LogP contribution is 2.12. The third-order valence-corrected chi connectivity index (χ3v) is 3.37. The lowest BCUT2D eigenvalue weighted by Gasteiger charge is -2.03.